The van der Waals surface area contributed by atoms with Gasteiger partial charge >= 0.3 is 0 Å². The number of aromatic nitrogens is 2. The maximum Gasteiger partial charge on any atom is 0.228 e. The number of para-hydroxylation sites is 2. The van der Waals surface area contributed by atoms with Crippen molar-refractivity contribution in [1.82, 2.24) is 9.55 Å². The van der Waals surface area contributed by atoms with Crippen molar-refractivity contribution in [1.29, 1.82) is 0 Å². The number of ether oxygens (including phenoxy) is 1. The number of sulfone groups is 1. The van der Waals surface area contributed by atoms with Crippen LogP contribution in [0.4, 0.5) is 0 Å². The molecule has 1 heterocycles. The molecule has 3 aromatic rings. The molecule has 0 fully saturated rings. The summed E-state index contributed by atoms with van der Waals surface area (Å²) in [5.41, 5.74) is 1.64. The van der Waals surface area contributed by atoms with Crippen molar-refractivity contribution in [2.75, 3.05) is 12.9 Å². The first-order valence-corrected chi connectivity index (χ1v) is 9.70. The van der Waals surface area contributed by atoms with Gasteiger partial charge in [-0.3, -0.25) is 4.79 Å². The Morgan fingerprint density at radius 3 is 2.44 bits per heavy atom. The summed E-state index contributed by atoms with van der Waals surface area (Å²) in [6.45, 7) is 2.33. The Labute approximate surface area is 146 Å². The van der Waals surface area contributed by atoms with Gasteiger partial charge in [-0.1, -0.05) is 12.1 Å². The minimum Gasteiger partial charge on any atom is -0.494 e. The summed E-state index contributed by atoms with van der Waals surface area (Å²) in [7, 11) is -3.56. The summed E-state index contributed by atoms with van der Waals surface area (Å²) >= 11 is 0. The van der Waals surface area contributed by atoms with Crippen LogP contribution in [-0.4, -0.2) is 36.6 Å². The molecule has 130 valence electrons. The van der Waals surface area contributed by atoms with Crippen LogP contribution >= 0.6 is 0 Å². The molecule has 0 aliphatic carbocycles. The quantitative estimate of drug-likeness (QED) is 0.633. The Balaban J connectivity index is 1.98. The van der Waals surface area contributed by atoms with Crippen LogP contribution in [0.25, 0.3) is 11.0 Å². The lowest BCUT2D eigenvalue weighted by molar-refractivity contribution is 0.0970. The van der Waals surface area contributed by atoms with Gasteiger partial charge in [-0.05, 0) is 43.3 Å². The van der Waals surface area contributed by atoms with Crippen molar-refractivity contribution in [2.24, 2.45) is 0 Å². The summed E-state index contributed by atoms with van der Waals surface area (Å²) in [5, 5.41) is -0.104. The van der Waals surface area contributed by atoms with E-state index in [-0.39, 0.29) is 17.5 Å². The van der Waals surface area contributed by atoms with Gasteiger partial charge in [-0.25, -0.2) is 13.4 Å². The van der Waals surface area contributed by atoms with Crippen molar-refractivity contribution < 1.29 is 17.9 Å². The average Bonchev–Trinajstić information content (AvgIpc) is 2.95. The summed E-state index contributed by atoms with van der Waals surface area (Å²) in [6, 6.07) is 13.8. The molecule has 0 aliphatic rings. The van der Waals surface area contributed by atoms with Gasteiger partial charge in [0.05, 0.1) is 24.2 Å². The first-order valence-electron chi connectivity index (χ1n) is 7.81. The van der Waals surface area contributed by atoms with Crippen molar-refractivity contribution in [3.63, 3.8) is 0 Å². The Kier molecular flexibility index (Phi) is 4.59. The number of fused-ring (bicyclic) bond motifs is 1. The molecule has 0 amide bonds. The molecule has 2 aromatic carbocycles. The second kappa shape index (κ2) is 6.68. The van der Waals surface area contributed by atoms with E-state index in [0.717, 1.165) is 6.26 Å². The predicted molar refractivity (Wildman–Crippen MR) is 94.8 cm³/mol. The third kappa shape index (κ3) is 3.56. The van der Waals surface area contributed by atoms with Crippen LogP contribution in [0.15, 0.2) is 53.7 Å². The monoisotopic (exact) mass is 358 g/mol. The van der Waals surface area contributed by atoms with E-state index in [1.54, 1.807) is 48.5 Å². The number of ketones is 1. The molecule has 0 radical (unpaired) electrons. The van der Waals surface area contributed by atoms with Gasteiger partial charge in [0.1, 0.15) is 5.75 Å². The molecule has 0 saturated carbocycles. The molecule has 0 atom stereocenters. The summed E-state index contributed by atoms with van der Waals surface area (Å²) < 4.78 is 30.9. The van der Waals surface area contributed by atoms with Crippen LogP contribution in [0.5, 0.6) is 5.75 Å². The van der Waals surface area contributed by atoms with E-state index in [4.69, 9.17) is 4.74 Å². The highest BCUT2D eigenvalue weighted by atomic mass is 32.2. The maximum absolute atomic E-state index is 12.6. The van der Waals surface area contributed by atoms with Gasteiger partial charge in [0.25, 0.3) is 0 Å². The highest BCUT2D eigenvalue weighted by Crippen LogP contribution is 2.21. The van der Waals surface area contributed by atoms with E-state index in [9.17, 15) is 13.2 Å². The van der Waals surface area contributed by atoms with Crippen LogP contribution in [-0.2, 0) is 16.4 Å². The number of Topliss-reactive ketones (excluding diaryl/α,β-unsaturated/α-hetero) is 1. The Bertz CT molecular complexity index is 1020. The van der Waals surface area contributed by atoms with Gasteiger partial charge in [0.2, 0.25) is 15.0 Å². The zero-order valence-corrected chi connectivity index (χ0v) is 14.8. The molecule has 6 nitrogen and oxygen atoms in total. The van der Waals surface area contributed by atoms with E-state index < -0.39 is 9.84 Å². The maximum atomic E-state index is 12.6. The molecule has 25 heavy (non-hydrogen) atoms. The summed E-state index contributed by atoms with van der Waals surface area (Å²) in [6.07, 6.45) is 1.09. The number of nitrogens with zero attached hydrogens (tertiary/aromatic N) is 2. The van der Waals surface area contributed by atoms with Crippen LogP contribution in [0, 0.1) is 0 Å². The van der Waals surface area contributed by atoms with E-state index in [1.165, 1.54) is 4.57 Å². The predicted octanol–water partition coefficient (Wildman–Crippen LogP) is 2.72. The smallest absolute Gasteiger partial charge is 0.228 e. The highest BCUT2D eigenvalue weighted by molar-refractivity contribution is 7.90. The minimum atomic E-state index is -3.56. The molecule has 0 unspecified atom stereocenters. The summed E-state index contributed by atoms with van der Waals surface area (Å²) in [4.78, 5) is 16.8. The number of carbonyl (C=O) groups is 1. The minimum absolute atomic E-state index is 0.100. The fraction of sp³-hybridized carbons (Fsp3) is 0.222. The highest BCUT2D eigenvalue weighted by Gasteiger charge is 2.21. The molecule has 0 spiro atoms. The number of imidazole rings is 1. The van der Waals surface area contributed by atoms with Crippen LogP contribution in [0.3, 0.4) is 0 Å². The number of benzene rings is 2. The molecule has 0 bridgehead atoms. The molecular weight excluding hydrogens is 340 g/mol. The van der Waals surface area contributed by atoms with Gasteiger partial charge in [0.15, 0.2) is 5.78 Å². The molecule has 3 rings (SSSR count). The topological polar surface area (TPSA) is 78.3 Å². The van der Waals surface area contributed by atoms with Gasteiger partial charge in [-0.2, -0.15) is 0 Å². The van der Waals surface area contributed by atoms with Crippen molar-refractivity contribution >= 4 is 26.7 Å². The Morgan fingerprint density at radius 2 is 1.80 bits per heavy atom. The molecular formula is C18H18N2O4S. The Hall–Kier alpha value is -2.67. The van der Waals surface area contributed by atoms with Crippen molar-refractivity contribution in [3.05, 3.63) is 54.1 Å². The van der Waals surface area contributed by atoms with Crippen molar-refractivity contribution in [2.45, 2.75) is 18.6 Å². The lowest BCUT2D eigenvalue weighted by atomic mass is 10.1. The Morgan fingerprint density at radius 1 is 1.12 bits per heavy atom. The lowest BCUT2D eigenvalue weighted by Gasteiger charge is -2.08. The fourth-order valence-corrected chi connectivity index (χ4v) is 3.46. The van der Waals surface area contributed by atoms with Crippen molar-refractivity contribution in [3.8, 4) is 5.75 Å². The largest absolute Gasteiger partial charge is 0.494 e. The number of hydrogen-bond donors (Lipinski definition) is 0. The van der Waals surface area contributed by atoms with E-state index in [0.29, 0.717) is 29.0 Å². The third-order valence-electron chi connectivity index (χ3n) is 3.74. The SMILES string of the molecule is CCOc1ccc(C(=O)Cn2c(S(C)(=O)=O)nc3ccccc32)cc1. The van der Waals surface area contributed by atoms with Gasteiger partial charge in [0, 0.05) is 11.8 Å². The molecule has 0 saturated heterocycles. The van der Waals surface area contributed by atoms with Gasteiger partial charge in [-0.15, -0.1) is 0 Å². The van der Waals surface area contributed by atoms with Crippen LogP contribution in [0.1, 0.15) is 17.3 Å². The molecule has 7 heteroatoms. The number of rotatable bonds is 6. The second-order valence-electron chi connectivity index (χ2n) is 5.62. The van der Waals surface area contributed by atoms with E-state index >= 15 is 0 Å². The van der Waals surface area contributed by atoms with E-state index in [2.05, 4.69) is 4.98 Å². The number of carbonyl (C=O) groups excluding carboxylic acids is 1. The van der Waals surface area contributed by atoms with Gasteiger partial charge < -0.3 is 9.30 Å². The van der Waals surface area contributed by atoms with E-state index in [1.807, 2.05) is 6.92 Å². The third-order valence-corrected chi connectivity index (χ3v) is 4.72. The fourth-order valence-electron chi connectivity index (χ4n) is 2.63. The van der Waals surface area contributed by atoms with Crippen LogP contribution < -0.4 is 4.74 Å². The number of hydrogen-bond acceptors (Lipinski definition) is 5. The standard InChI is InChI=1S/C18H18N2O4S/c1-3-24-14-10-8-13(9-11-14)17(21)12-20-16-7-5-4-6-15(16)19-18(20)25(2,22)23/h4-11H,3,12H2,1-2H3. The first-order chi connectivity index (χ1) is 11.9. The summed E-state index contributed by atoms with van der Waals surface area (Å²) in [5.74, 6) is 0.486. The molecule has 1 aromatic heterocycles. The zero-order chi connectivity index (χ0) is 18.0. The second-order valence-corrected chi connectivity index (χ2v) is 7.53. The molecule has 0 N–H and O–H groups in total. The normalized spacial score (nSPS) is 11.6. The molecule has 0 aliphatic heterocycles. The lowest BCUT2D eigenvalue weighted by Crippen LogP contribution is -2.15. The zero-order valence-electron chi connectivity index (χ0n) is 14.0. The average molecular weight is 358 g/mol. The first kappa shape index (κ1) is 17.2. The van der Waals surface area contributed by atoms with Crippen LogP contribution in [0.2, 0.25) is 0 Å².